The van der Waals surface area contributed by atoms with Crippen molar-refractivity contribution in [2.75, 3.05) is 11.9 Å². The number of nitrogens with zero attached hydrogens (tertiary/aromatic N) is 3. The number of anilines is 1. The van der Waals surface area contributed by atoms with Gasteiger partial charge >= 0.3 is 0 Å². The van der Waals surface area contributed by atoms with E-state index in [0.717, 1.165) is 35.7 Å². The molecule has 28 heavy (non-hydrogen) atoms. The molecule has 1 heterocycles. The van der Waals surface area contributed by atoms with Gasteiger partial charge in [-0.25, -0.2) is 13.1 Å². The van der Waals surface area contributed by atoms with E-state index in [9.17, 15) is 23.3 Å². The average Bonchev–Trinajstić information content (AvgIpc) is 2.99. The Hall–Kier alpha value is -2.44. The summed E-state index contributed by atoms with van der Waals surface area (Å²) in [6, 6.07) is 4.48. The van der Waals surface area contributed by atoms with Crippen LogP contribution in [-0.4, -0.2) is 36.0 Å². The number of carbonyl (C=O) groups excluding carboxylic acids is 1. The largest absolute Gasteiger partial charge is 0.300 e. The first kappa shape index (κ1) is 21.9. The molecule has 1 aromatic carbocycles. The third-order valence-electron chi connectivity index (χ3n) is 3.40. The fourth-order valence-electron chi connectivity index (χ4n) is 2.14. The van der Waals surface area contributed by atoms with Gasteiger partial charge in [-0.05, 0) is 17.5 Å². The number of nitrogens with one attached hydrogen (secondary N) is 2. The molecule has 0 aliphatic carbocycles. The van der Waals surface area contributed by atoms with E-state index in [1.165, 1.54) is 11.3 Å². The molecule has 0 aliphatic rings. The quantitative estimate of drug-likeness (QED) is 0.486. The maximum Gasteiger partial charge on any atom is 0.269 e. The number of amides is 1. The van der Waals surface area contributed by atoms with Gasteiger partial charge in [0.05, 0.1) is 9.82 Å². The normalized spacial score (nSPS) is 12.0. The second-order valence-corrected chi connectivity index (χ2v) is 10.0. The van der Waals surface area contributed by atoms with Crippen molar-refractivity contribution in [3.05, 3.63) is 39.4 Å². The highest BCUT2D eigenvalue weighted by Gasteiger charge is 2.18. The van der Waals surface area contributed by atoms with E-state index >= 15 is 0 Å². The van der Waals surface area contributed by atoms with Crippen LogP contribution in [0.3, 0.4) is 0 Å². The van der Waals surface area contributed by atoms with Crippen molar-refractivity contribution in [1.29, 1.82) is 0 Å². The molecule has 0 radical (unpaired) electrons. The second kappa shape index (κ2) is 8.71. The van der Waals surface area contributed by atoms with E-state index in [1.54, 1.807) is 0 Å². The fourth-order valence-corrected chi connectivity index (χ4v) is 4.23. The van der Waals surface area contributed by atoms with Crippen molar-refractivity contribution < 1.29 is 18.1 Å². The first-order valence-corrected chi connectivity index (χ1v) is 10.6. The molecule has 152 valence electrons. The summed E-state index contributed by atoms with van der Waals surface area (Å²) in [7, 11) is -3.87. The number of non-ortho nitro benzene ring substituents is 1. The van der Waals surface area contributed by atoms with Crippen molar-refractivity contribution in [3.8, 4) is 0 Å². The zero-order chi connectivity index (χ0) is 20.9. The Morgan fingerprint density at radius 2 is 1.86 bits per heavy atom. The molecule has 12 heteroatoms. The maximum absolute atomic E-state index is 12.2. The Kier molecular flexibility index (Phi) is 6.80. The van der Waals surface area contributed by atoms with Crippen molar-refractivity contribution >= 4 is 38.1 Å². The maximum atomic E-state index is 12.2. The van der Waals surface area contributed by atoms with E-state index in [2.05, 4.69) is 41.0 Å². The minimum absolute atomic E-state index is 0.0525. The highest BCUT2D eigenvalue weighted by atomic mass is 32.2. The summed E-state index contributed by atoms with van der Waals surface area (Å²) >= 11 is 1.28. The lowest BCUT2D eigenvalue weighted by Crippen LogP contribution is -2.27. The van der Waals surface area contributed by atoms with Gasteiger partial charge in [-0.3, -0.25) is 14.9 Å². The summed E-state index contributed by atoms with van der Waals surface area (Å²) in [5.74, 6) is -0.398. The fraction of sp³-hybridized carbons (Fsp3) is 0.438. The number of benzene rings is 1. The van der Waals surface area contributed by atoms with Gasteiger partial charge in [-0.15, -0.1) is 10.2 Å². The van der Waals surface area contributed by atoms with Gasteiger partial charge < -0.3 is 5.32 Å². The Morgan fingerprint density at radius 1 is 1.21 bits per heavy atom. The van der Waals surface area contributed by atoms with Crippen molar-refractivity contribution in [2.24, 2.45) is 5.41 Å². The standard InChI is InChI=1S/C16H21N5O5S2/c1-16(2,3)10-14-19-20-15(27-14)18-13(22)8-9-17-28(25,26)12-6-4-11(5-7-12)21(23)24/h4-7,17H,8-10H2,1-3H3,(H,18,20,22). The summed E-state index contributed by atoms with van der Waals surface area (Å²) in [4.78, 5) is 21.9. The van der Waals surface area contributed by atoms with E-state index < -0.39 is 20.9 Å². The molecule has 1 amide bonds. The van der Waals surface area contributed by atoms with Crippen LogP contribution in [0.15, 0.2) is 29.2 Å². The van der Waals surface area contributed by atoms with Crippen LogP contribution in [0.4, 0.5) is 10.8 Å². The summed E-state index contributed by atoms with van der Waals surface area (Å²) < 4.78 is 26.6. The molecule has 2 N–H and O–H groups in total. The third kappa shape index (κ3) is 6.62. The number of nitro benzene ring substituents is 1. The van der Waals surface area contributed by atoms with Crippen molar-refractivity contribution in [2.45, 2.75) is 38.5 Å². The number of carbonyl (C=O) groups is 1. The number of nitro groups is 1. The smallest absolute Gasteiger partial charge is 0.269 e. The minimum Gasteiger partial charge on any atom is -0.300 e. The van der Waals surface area contributed by atoms with E-state index in [1.807, 2.05) is 0 Å². The van der Waals surface area contributed by atoms with E-state index in [-0.39, 0.29) is 29.0 Å². The Bertz CT molecular complexity index is 949. The molecule has 1 aromatic heterocycles. The van der Waals surface area contributed by atoms with Gasteiger partial charge in [0.25, 0.3) is 5.69 Å². The molecule has 0 atom stereocenters. The van der Waals surface area contributed by atoms with Crippen LogP contribution in [0.1, 0.15) is 32.2 Å². The zero-order valence-corrected chi connectivity index (χ0v) is 17.3. The predicted molar refractivity (Wildman–Crippen MR) is 105 cm³/mol. The van der Waals surface area contributed by atoms with Crippen LogP contribution >= 0.6 is 11.3 Å². The molecule has 0 bridgehead atoms. The van der Waals surface area contributed by atoms with Crippen LogP contribution in [0, 0.1) is 15.5 Å². The lowest BCUT2D eigenvalue weighted by Gasteiger charge is -2.14. The Labute approximate surface area is 166 Å². The monoisotopic (exact) mass is 427 g/mol. The van der Waals surface area contributed by atoms with Gasteiger partial charge in [0.2, 0.25) is 21.1 Å². The van der Waals surface area contributed by atoms with Crippen molar-refractivity contribution in [1.82, 2.24) is 14.9 Å². The molecule has 0 aliphatic heterocycles. The molecule has 0 saturated heterocycles. The van der Waals surface area contributed by atoms with Gasteiger partial charge in [-0.2, -0.15) is 0 Å². The third-order valence-corrected chi connectivity index (χ3v) is 5.71. The topological polar surface area (TPSA) is 144 Å². The molecular formula is C16H21N5O5S2. The number of hydrogen-bond donors (Lipinski definition) is 2. The SMILES string of the molecule is CC(C)(C)Cc1nnc(NC(=O)CCNS(=O)(=O)c2ccc([N+](=O)[O-])cc2)s1. The molecule has 0 saturated carbocycles. The first-order chi connectivity index (χ1) is 13.0. The summed E-state index contributed by atoms with van der Waals surface area (Å²) in [5, 5.41) is 22.3. The van der Waals surface area contributed by atoms with E-state index in [0.29, 0.717) is 5.13 Å². The molecular weight excluding hydrogens is 406 g/mol. The molecule has 2 aromatic rings. The Balaban J connectivity index is 1.85. The highest BCUT2D eigenvalue weighted by molar-refractivity contribution is 7.89. The van der Waals surface area contributed by atoms with Gasteiger partial charge in [-0.1, -0.05) is 32.1 Å². The van der Waals surface area contributed by atoms with Crippen LogP contribution in [0.2, 0.25) is 0 Å². The molecule has 0 spiro atoms. The van der Waals surface area contributed by atoms with Gasteiger partial charge in [0.1, 0.15) is 5.01 Å². The van der Waals surface area contributed by atoms with Crippen LogP contribution in [-0.2, 0) is 21.2 Å². The lowest BCUT2D eigenvalue weighted by molar-refractivity contribution is -0.384. The summed E-state index contributed by atoms with van der Waals surface area (Å²) in [6.07, 6.45) is 0.635. The minimum atomic E-state index is -3.87. The summed E-state index contributed by atoms with van der Waals surface area (Å²) in [6.45, 7) is 6.09. The number of aromatic nitrogens is 2. The van der Waals surface area contributed by atoms with Crippen molar-refractivity contribution in [3.63, 3.8) is 0 Å². The number of rotatable bonds is 8. The van der Waals surface area contributed by atoms with Gasteiger partial charge in [0, 0.05) is 31.5 Å². The Morgan fingerprint density at radius 3 is 2.43 bits per heavy atom. The van der Waals surface area contributed by atoms with E-state index in [4.69, 9.17) is 0 Å². The molecule has 10 nitrogen and oxygen atoms in total. The van der Waals surface area contributed by atoms with Crippen LogP contribution in [0.5, 0.6) is 0 Å². The van der Waals surface area contributed by atoms with Crippen LogP contribution < -0.4 is 10.0 Å². The average molecular weight is 428 g/mol. The number of hydrogen-bond acceptors (Lipinski definition) is 8. The number of sulfonamides is 1. The molecule has 0 unspecified atom stereocenters. The molecule has 0 fully saturated rings. The summed E-state index contributed by atoms with van der Waals surface area (Å²) in [5.41, 5.74) is -0.155. The zero-order valence-electron chi connectivity index (χ0n) is 15.6. The predicted octanol–water partition coefficient (Wildman–Crippen LogP) is 2.34. The highest BCUT2D eigenvalue weighted by Crippen LogP contribution is 2.24. The second-order valence-electron chi connectivity index (χ2n) is 7.19. The van der Waals surface area contributed by atoms with Crippen LogP contribution in [0.25, 0.3) is 0 Å². The lowest BCUT2D eigenvalue weighted by atomic mass is 9.93. The van der Waals surface area contributed by atoms with Gasteiger partial charge in [0.15, 0.2) is 0 Å². The first-order valence-electron chi connectivity index (χ1n) is 8.33. The molecule has 2 rings (SSSR count).